The van der Waals surface area contributed by atoms with Crippen LogP contribution in [-0.2, 0) is 6.61 Å². The molecule has 0 aliphatic heterocycles. The van der Waals surface area contributed by atoms with Gasteiger partial charge in [-0.25, -0.2) is 14.4 Å². The Morgan fingerprint density at radius 2 is 2.05 bits per heavy atom. The van der Waals surface area contributed by atoms with Crippen LogP contribution >= 0.6 is 0 Å². The maximum absolute atomic E-state index is 12.7. The Morgan fingerprint density at radius 1 is 1.26 bits per heavy atom. The van der Waals surface area contributed by atoms with Gasteiger partial charge in [0.25, 0.3) is 0 Å². The number of hydrogen-bond acceptors (Lipinski definition) is 4. The first-order chi connectivity index (χ1) is 9.28. The van der Waals surface area contributed by atoms with Crippen molar-refractivity contribution in [2.45, 2.75) is 6.61 Å². The summed E-state index contributed by atoms with van der Waals surface area (Å²) in [5, 5.41) is 8.34. The molecule has 1 aromatic carbocycles. The van der Waals surface area contributed by atoms with Crippen LogP contribution in [-0.4, -0.2) is 16.5 Å². The lowest BCUT2D eigenvalue weighted by atomic mass is 10.2. The number of nitrogens with zero attached hydrogens (tertiary/aromatic N) is 2. The highest BCUT2D eigenvalue weighted by Crippen LogP contribution is 2.15. The average Bonchev–Trinajstić information content (AvgIpc) is 2.46. The Balaban J connectivity index is 1.92. The molecule has 2 aromatic rings. The van der Waals surface area contributed by atoms with Gasteiger partial charge in [-0.1, -0.05) is 12.1 Å². The number of hydrogen-bond donors (Lipinski definition) is 2. The van der Waals surface area contributed by atoms with Crippen LogP contribution in [0.2, 0.25) is 0 Å². The fourth-order valence-corrected chi connectivity index (χ4v) is 1.38. The van der Waals surface area contributed by atoms with Gasteiger partial charge in [-0.2, -0.15) is 0 Å². The zero-order valence-corrected chi connectivity index (χ0v) is 9.95. The predicted octanol–water partition coefficient (Wildman–Crippen LogP) is 2.44. The summed E-state index contributed by atoms with van der Waals surface area (Å²) in [6.45, 7) is 0.314. The third kappa shape index (κ3) is 4.04. The van der Waals surface area contributed by atoms with Crippen LogP contribution in [0.25, 0.3) is 0 Å². The summed E-state index contributed by atoms with van der Waals surface area (Å²) in [5.74, 6) is 0.168. The summed E-state index contributed by atoms with van der Waals surface area (Å²) >= 11 is 0. The molecule has 0 spiro atoms. The van der Waals surface area contributed by atoms with Gasteiger partial charge >= 0.3 is 0 Å². The maximum Gasteiger partial charge on any atom is 0.213 e. The third-order valence-electron chi connectivity index (χ3n) is 2.29. The Morgan fingerprint density at radius 3 is 2.68 bits per heavy atom. The van der Waals surface area contributed by atoms with Gasteiger partial charge in [0, 0.05) is 6.07 Å². The quantitative estimate of drug-likeness (QED) is 0.493. The first-order valence-electron chi connectivity index (χ1n) is 5.53. The molecule has 0 radical (unpaired) electrons. The molecule has 0 saturated heterocycles. The molecule has 0 atom stereocenters. The minimum atomic E-state index is -0.276. The zero-order valence-electron chi connectivity index (χ0n) is 9.95. The molecule has 19 heavy (non-hydrogen) atoms. The number of benzene rings is 1. The van der Waals surface area contributed by atoms with E-state index in [-0.39, 0.29) is 5.82 Å². The first kappa shape index (κ1) is 13.0. The summed E-state index contributed by atoms with van der Waals surface area (Å²) in [6, 6.07) is 9.42. The number of hydroxylamine groups is 1. The van der Waals surface area contributed by atoms with E-state index >= 15 is 0 Å². The molecule has 98 valence electrons. The molecule has 0 aliphatic carbocycles. The third-order valence-corrected chi connectivity index (χ3v) is 2.29. The fourth-order valence-electron chi connectivity index (χ4n) is 1.38. The van der Waals surface area contributed by atoms with Gasteiger partial charge in [-0.15, -0.1) is 0 Å². The van der Waals surface area contributed by atoms with Gasteiger partial charge in [0.05, 0.1) is 11.9 Å². The van der Waals surface area contributed by atoms with Crippen LogP contribution in [0.1, 0.15) is 5.56 Å². The number of aliphatic imine (C=N–C) groups is 1. The van der Waals surface area contributed by atoms with Gasteiger partial charge in [0.2, 0.25) is 5.88 Å². The van der Waals surface area contributed by atoms with Crippen molar-refractivity contribution in [3.63, 3.8) is 0 Å². The molecule has 0 unspecified atom stereocenters. The first-order valence-corrected chi connectivity index (χ1v) is 5.53. The highest BCUT2D eigenvalue weighted by molar-refractivity contribution is 5.59. The van der Waals surface area contributed by atoms with Gasteiger partial charge < -0.3 is 4.74 Å². The van der Waals surface area contributed by atoms with Crippen molar-refractivity contribution in [2.24, 2.45) is 4.99 Å². The molecular weight excluding hydrogens is 249 g/mol. The van der Waals surface area contributed by atoms with Gasteiger partial charge in [-0.3, -0.25) is 10.7 Å². The van der Waals surface area contributed by atoms with E-state index in [1.807, 2.05) is 0 Å². The second kappa shape index (κ2) is 6.46. The van der Waals surface area contributed by atoms with Crippen LogP contribution in [0, 0.1) is 5.82 Å². The van der Waals surface area contributed by atoms with E-state index in [9.17, 15) is 4.39 Å². The van der Waals surface area contributed by atoms with E-state index < -0.39 is 0 Å². The molecule has 0 aliphatic rings. The summed E-state index contributed by atoms with van der Waals surface area (Å²) < 4.78 is 18.1. The fraction of sp³-hybridized carbons (Fsp3) is 0.0769. The molecule has 0 amide bonds. The molecule has 5 nitrogen and oxygen atoms in total. The molecule has 1 heterocycles. The molecule has 0 bridgehead atoms. The Hall–Kier alpha value is -2.47. The lowest BCUT2D eigenvalue weighted by Crippen LogP contribution is -2.01. The predicted molar refractivity (Wildman–Crippen MR) is 68.0 cm³/mol. The Bertz CT molecular complexity index is 541. The second-order valence-corrected chi connectivity index (χ2v) is 3.66. The largest absolute Gasteiger partial charge is 0.473 e. The van der Waals surface area contributed by atoms with Crippen LogP contribution in [0.4, 0.5) is 10.1 Å². The van der Waals surface area contributed by atoms with E-state index in [4.69, 9.17) is 9.94 Å². The smallest absolute Gasteiger partial charge is 0.213 e. The van der Waals surface area contributed by atoms with E-state index in [2.05, 4.69) is 9.98 Å². The van der Waals surface area contributed by atoms with Crippen molar-refractivity contribution >= 4 is 12.0 Å². The van der Waals surface area contributed by atoms with Crippen molar-refractivity contribution in [2.75, 3.05) is 0 Å². The maximum atomic E-state index is 12.7. The molecule has 0 fully saturated rings. The molecule has 0 saturated carbocycles. The summed E-state index contributed by atoms with van der Waals surface area (Å²) in [6.07, 6.45) is 2.64. The van der Waals surface area contributed by atoms with Crippen molar-refractivity contribution in [3.8, 4) is 5.88 Å². The zero-order chi connectivity index (χ0) is 13.5. The van der Waals surface area contributed by atoms with Gasteiger partial charge in [0.15, 0.2) is 0 Å². The SMILES string of the molecule is ONC=Nc1ccc(OCc2ccc(F)cc2)nc1. The number of pyridine rings is 1. The minimum Gasteiger partial charge on any atom is -0.473 e. The topological polar surface area (TPSA) is 66.7 Å². The van der Waals surface area contributed by atoms with Crippen LogP contribution in [0.3, 0.4) is 0 Å². The molecule has 2 N–H and O–H groups in total. The molecule has 2 rings (SSSR count). The van der Waals surface area contributed by atoms with E-state index in [1.165, 1.54) is 18.3 Å². The average molecular weight is 261 g/mol. The minimum absolute atomic E-state index is 0.276. The monoisotopic (exact) mass is 261 g/mol. The number of ether oxygens (including phenoxy) is 1. The molecule has 6 heteroatoms. The van der Waals surface area contributed by atoms with Gasteiger partial charge in [0.1, 0.15) is 18.8 Å². The van der Waals surface area contributed by atoms with Crippen molar-refractivity contribution in [1.29, 1.82) is 0 Å². The lowest BCUT2D eigenvalue weighted by molar-refractivity contribution is 0.240. The number of nitrogens with one attached hydrogen (secondary N) is 1. The van der Waals surface area contributed by atoms with Crippen LogP contribution < -0.4 is 10.2 Å². The Kier molecular flexibility index (Phi) is 4.41. The standard InChI is InChI=1S/C13H12FN3O2/c14-11-3-1-10(2-4-11)8-19-13-6-5-12(7-15-13)16-9-17-18/h1-7,9,18H,8H2,(H,16,17). The molecule has 1 aromatic heterocycles. The lowest BCUT2D eigenvalue weighted by Gasteiger charge is -2.05. The van der Waals surface area contributed by atoms with Crippen LogP contribution in [0.5, 0.6) is 5.88 Å². The molecular formula is C13H12FN3O2. The normalized spacial score (nSPS) is 10.6. The highest BCUT2D eigenvalue weighted by atomic mass is 19.1. The van der Waals surface area contributed by atoms with E-state index in [0.717, 1.165) is 11.9 Å². The van der Waals surface area contributed by atoms with Crippen molar-refractivity contribution in [1.82, 2.24) is 10.5 Å². The summed E-state index contributed by atoms with van der Waals surface area (Å²) in [4.78, 5) is 7.89. The number of rotatable bonds is 5. The summed E-state index contributed by atoms with van der Waals surface area (Å²) in [5.41, 5.74) is 3.24. The van der Waals surface area contributed by atoms with E-state index in [0.29, 0.717) is 18.2 Å². The van der Waals surface area contributed by atoms with Crippen molar-refractivity contribution in [3.05, 3.63) is 54.0 Å². The number of halogens is 1. The highest BCUT2D eigenvalue weighted by Gasteiger charge is 1.98. The van der Waals surface area contributed by atoms with Gasteiger partial charge in [-0.05, 0) is 23.8 Å². The Labute approximate surface area is 109 Å². The number of aromatic nitrogens is 1. The second-order valence-electron chi connectivity index (χ2n) is 3.66. The van der Waals surface area contributed by atoms with Crippen LogP contribution in [0.15, 0.2) is 47.6 Å². The van der Waals surface area contributed by atoms with Crippen molar-refractivity contribution < 1.29 is 14.3 Å². The summed E-state index contributed by atoms with van der Waals surface area (Å²) in [7, 11) is 0. The van der Waals surface area contributed by atoms with E-state index in [1.54, 1.807) is 29.7 Å².